The van der Waals surface area contributed by atoms with Gasteiger partial charge in [0.25, 0.3) is 0 Å². The highest BCUT2D eigenvalue weighted by Gasteiger charge is 2.17. The van der Waals surface area contributed by atoms with Crippen LogP contribution < -0.4 is 9.47 Å². The Morgan fingerprint density at radius 3 is 2.12 bits per heavy atom. The number of hydrogen-bond acceptors (Lipinski definition) is 5. The molecule has 0 aromatic heterocycles. The van der Waals surface area contributed by atoms with Crippen LogP contribution in [0, 0.1) is 11.6 Å². The van der Waals surface area contributed by atoms with Crippen LogP contribution in [0.3, 0.4) is 0 Å². The van der Waals surface area contributed by atoms with Crippen molar-refractivity contribution in [3.05, 3.63) is 65.2 Å². The number of halogens is 2. The third-order valence-corrected chi connectivity index (χ3v) is 3.27. The molecule has 0 saturated heterocycles. The van der Waals surface area contributed by atoms with Gasteiger partial charge in [-0.05, 0) is 35.9 Å². The number of carbonyl (C=O) groups is 1. The lowest BCUT2D eigenvalue weighted by molar-refractivity contribution is 0.0447. The van der Waals surface area contributed by atoms with Crippen LogP contribution in [0.15, 0.2) is 42.5 Å². The first-order chi connectivity index (χ1) is 12.6. The standard InChI is InChI=1S/C19H18F2O5/c1-23-11-25-17-4-3-5-18(26-12-24-2)19(17)16(22)9-7-13-6-8-14(20)15(21)10-13/h3-10H,11-12H2,1-2H3/b9-7+. The maximum absolute atomic E-state index is 13.3. The molecular weight excluding hydrogens is 346 g/mol. The van der Waals surface area contributed by atoms with Crippen molar-refractivity contribution in [2.24, 2.45) is 0 Å². The van der Waals surface area contributed by atoms with Crippen molar-refractivity contribution in [3.63, 3.8) is 0 Å². The Morgan fingerprint density at radius 1 is 0.962 bits per heavy atom. The normalized spacial score (nSPS) is 10.9. The van der Waals surface area contributed by atoms with Crippen molar-refractivity contribution < 1.29 is 32.5 Å². The molecule has 0 aliphatic heterocycles. The number of methoxy groups -OCH3 is 2. The molecular formula is C19H18F2O5. The van der Waals surface area contributed by atoms with E-state index in [4.69, 9.17) is 18.9 Å². The first-order valence-electron chi connectivity index (χ1n) is 7.60. The molecule has 0 amide bonds. The number of ketones is 1. The van der Waals surface area contributed by atoms with Crippen molar-refractivity contribution in [1.82, 2.24) is 0 Å². The van der Waals surface area contributed by atoms with Crippen LogP contribution in [-0.4, -0.2) is 33.6 Å². The molecule has 0 fully saturated rings. The predicted octanol–water partition coefficient (Wildman–Crippen LogP) is 3.83. The number of allylic oxidation sites excluding steroid dienone is 1. The molecule has 0 atom stereocenters. The van der Waals surface area contributed by atoms with Crippen LogP contribution >= 0.6 is 0 Å². The largest absolute Gasteiger partial charge is 0.467 e. The zero-order valence-corrected chi connectivity index (χ0v) is 14.3. The average molecular weight is 364 g/mol. The van der Waals surface area contributed by atoms with E-state index in [0.717, 1.165) is 12.1 Å². The van der Waals surface area contributed by atoms with E-state index in [2.05, 4.69) is 0 Å². The molecule has 0 unspecified atom stereocenters. The fourth-order valence-corrected chi connectivity index (χ4v) is 2.11. The maximum atomic E-state index is 13.3. The highest BCUT2D eigenvalue weighted by molar-refractivity contribution is 6.10. The van der Waals surface area contributed by atoms with Gasteiger partial charge in [0.05, 0.1) is 0 Å². The molecule has 2 aromatic rings. The van der Waals surface area contributed by atoms with E-state index in [1.165, 1.54) is 32.4 Å². The Bertz CT molecular complexity index is 763. The minimum Gasteiger partial charge on any atom is -0.467 e. The summed E-state index contributed by atoms with van der Waals surface area (Å²) in [5, 5.41) is 0. The van der Waals surface area contributed by atoms with Gasteiger partial charge in [-0.15, -0.1) is 0 Å². The van der Waals surface area contributed by atoms with Gasteiger partial charge < -0.3 is 18.9 Å². The Morgan fingerprint density at radius 2 is 1.58 bits per heavy atom. The highest BCUT2D eigenvalue weighted by Crippen LogP contribution is 2.30. The van der Waals surface area contributed by atoms with E-state index in [1.54, 1.807) is 18.2 Å². The Hall–Kier alpha value is -2.77. The lowest BCUT2D eigenvalue weighted by Gasteiger charge is -2.13. The van der Waals surface area contributed by atoms with Gasteiger partial charge in [-0.25, -0.2) is 8.78 Å². The third-order valence-electron chi connectivity index (χ3n) is 3.27. The van der Waals surface area contributed by atoms with Crippen molar-refractivity contribution in [3.8, 4) is 11.5 Å². The SMILES string of the molecule is COCOc1cccc(OCOC)c1C(=O)/C=C/c1ccc(F)c(F)c1. The van der Waals surface area contributed by atoms with E-state index >= 15 is 0 Å². The molecule has 138 valence electrons. The number of ether oxygens (including phenoxy) is 4. The topological polar surface area (TPSA) is 54.0 Å². The van der Waals surface area contributed by atoms with E-state index in [-0.39, 0.29) is 30.6 Å². The number of benzene rings is 2. The quantitative estimate of drug-likeness (QED) is 0.385. The van der Waals surface area contributed by atoms with Gasteiger partial charge in [0.1, 0.15) is 17.1 Å². The third kappa shape index (κ3) is 5.11. The molecule has 2 rings (SSSR count). The molecule has 0 bridgehead atoms. The number of rotatable bonds is 9. The van der Waals surface area contributed by atoms with Gasteiger partial charge in [0, 0.05) is 14.2 Å². The zero-order chi connectivity index (χ0) is 18.9. The van der Waals surface area contributed by atoms with Crippen LogP contribution in [0.25, 0.3) is 6.08 Å². The monoisotopic (exact) mass is 364 g/mol. The smallest absolute Gasteiger partial charge is 0.193 e. The van der Waals surface area contributed by atoms with Crippen LogP contribution in [0.5, 0.6) is 11.5 Å². The van der Waals surface area contributed by atoms with Gasteiger partial charge in [0.15, 0.2) is 31.0 Å². The first-order valence-corrected chi connectivity index (χ1v) is 7.60. The van der Waals surface area contributed by atoms with Gasteiger partial charge in [-0.1, -0.05) is 18.2 Å². The summed E-state index contributed by atoms with van der Waals surface area (Å²) in [7, 11) is 2.91. The molecule has 0 N–H and O–H groups in total. The second-order valence-electron chi connectivity index (χ2n) is 5.10. The lowest BCUT2D eigenvalue weighted by atomic mass is 10.1. The van der Waals surface area contributed by atoms with Crippen molar-refractivity contribution in [2.75, 3.05) is 27.8 Å². The fourth-order valence-electron chi connectivity index (χ4n) is 2.11. The summed E-state index contributed by atoms with van der Waals surface area (Å²) in [5.74, 6) is -1.86. The van der Waals surface area contributed by atoms with E-state index in [1.807, 2.05) is 0 Å². The molecule has 2 aromatic carbocycles. The minimum atomic E-state index is -0.993. The molecule has 5 nitrogen and oxygen atoms in total. The summed E-state index contributed by atoms with van der Waals surface area (Å²) in [6, 6.07) is 8.19. The summed E-state index contributed by atoms with van der Waals surface area (Å²) < 4.78 is 46.8. The van der Waals surface area contributed by atoms with Crippen LogP contribution in [0.2, 0.25) is 0 Å². The first kappa shape index (κ1) is 19.6. The summed E-state index contributed by atoms with van der Waals surface area (Å²) in [4.78, 5) is 12.6. The molecule has 26 heavy (non-hydrogen) atoms. The summed E-state index contributed by atoms with van der Waals surface area (Å²) >= 11 is 0. The molecule has 0 heterocycles. The second kappa shape index (κ2) is 9.65. The van der Waals surface area contributed by atoms with Gasteiger partial charge in [-0.2, -0.15) is 0 Å². The molecule has 0 saturated carbocycles. The molecule has 7 heteroatoms. The average Bonchev–Trinajstić information content (AvgIpc) is 2.65. The van der Waals surface area contributed by atoms with Gasteiger partial charge in [-0.3, -0.25) is 4.79 Å². The van der Waals surface area contributed by atoms with Crippen LogP contribution in [-0.2, 0) is 9.47 Å². The Balaban J connectivity index is 2.31. The van der Waals surface area contributed by atoms with Crippen molar-refractivity contribution in [1.29, 1.82) is 0 Å². The van der Waals surface area contributed by atoms with E-state index in [9.17, 15) is 13.6 Å². The van der Waals surface area contributed by atoms with Gasteiger partial charge >= 0.3 is 0 Å². The van der Waals surface area contributed by atoms with Crippen LogP contribution in [0.4, 0.5) is 8.78 Å². The molecule has 0 spiro atoms. The summed E-state index contributed by atoms with van der Waals surface area (Å²) in [6.45, 7) is -0.109. The Labute approximate surface area is 149 Å². The van der Waals surface area contributed by atoms with Crippen LogP contribution in [0.1, 0.15) is 15.9 Å². The maximum Gasteiger partial charge on any atom is 0.193 e. The van der Waals surface area contributed by atoms with E-state index in [0.29, 0.717) is 5.56 Å². The summed E-state index contributed by atoms with van der Waals surface area (Å²) in [6.07, 6.45) is 2.60. The summed E-state index contributed by atoms with van der Waals surface area (Å²) in [5.41, 5.74) is 0.507. The number of hydrogen-bond donors (Lipinski definition) is 0. The highest BCUT2D eigenvalue weighted by atomic mass is 19.2. The van der Waals surface area contributed by atoms with Crippen molar-refractivity contribution in [2.45, 2.75) is 0 Å². The van der Waals surface area contributed by atoms with Crippen molar-refractivity contribution >= 4 is 11.9 Å². The fraction of sp³-hybridized carbons (Fsp3) is 0.211. The molecule has 0 aliphatic rings. The van der Waals surface area contributed by atoms with E-state index < -0.39 is 17.4 Å². The minimum absolute atomic E-state index is 0.0547. The second-order valence-corrected chi connectivity index (χ2v) is 5.10. The molecule has 0 aliphatic carbocycles. The predicted molar refractivity (Wildman–Crippen MR) is 91.2 cm³/mol. The zero-order valence-electron chi connectivity index (χ0n) is 14.3. The lowest BCUT2D eigenvalue weighted by Crippen LogP contribution is -2.09. The number of carbonyl (C=O) groups excluding carboxylic acids is 1. The Kier molecular flexibility index (Phi) is 7.25. The van der Waals surface area contributed by atoms with Gasteiger partial charge in [0.2, 0.25) is 0 Å². The molecule has 0 radical (unpaired) electrons.